The summed E-state index contributed by atoms with van der Waals surface area (Å²) in [7, 11) is 0. The molecule has 0 saturated heterocycles. The molecule has 164 valence electrons. The second kappa shape index (κ2) is 9.49. The van der Waals surface area contributed by atoms with Crippen LogP contribution in [-0.2, 0) is 13.0 Å². The Bertz CT molecular complexity index is 1180. The highest BCUT2D eigenvalue weighted by molar-refractivity contribution is 5.86. The van der Waals surface area contributed by atoms with Gasteiger partial charge in [-0.2, -0.15) is 0 Å². The summed E-state index contributed by atoms with van der Waals surface area (Å²) in [5.74, 6) is 1.85. The molecule has 5 rings (SSSR count). The first kappa shape index (κ1) is 20.7. The fourth-order valence-corrected chi connectivity index (χ4v) is 4.44. The van der Waals surface area contributed by atoms with Crippen LogP contribution in [0, 0.1) is 0 Å². The zero-order valence-electron chi connectivity index (χ0n) is 18.6. The van der Waals surface area contributed by atoms with Crippen LogP contribution < -0.4 is 14.8 Å². The second-order valence-electron chi connectivity index (χ2n) is 8.41. The summed E-state index contributed by atoms with van der Waals surface area (Å²) in [5.41, 5.74) is 6.19. The molecule has 1 atom stereocenters. The van der Waals surface area contributed by atoms with Crippen molar-refractivity contribution >= 4 is 10.9 Å². The van der Waals surface area contributed by atoms with Gasteiger partial charge in [0.25, 0.3) is 0 Å². The monoisotopic (exact) mass is 426 g/mol. The molecule has 1 unspecified atom stereocenters. The first-order chi connectivity index (χ1) is 15.8. The van der Waals surface area contributed by atoms with Crippen molar-refractivity contribution < 1.29 is 9.47 Å². The van der Waals surface area contributed by atoms with E-state index in [0.29, 0.717) is 6.61 Å². The number of aromatic amines is 1. The molecule has 2 heterocycles. The number of rotatable bonds is 8. The van der Waals surface area contributed by atoms with E-state index in [2.05, 4.69) is 65.8 Å². The van der Waals surface area contributed by atoms with Crippen molar-refractivity contribution in [2.45, 2.75) is 38.8 Å². The van der Waals surface area contributed by atoms with Crippen molar-refractivity contribution in [3.63, 3.8) is 0 Å². The lowest BCUT2D eigenvalue weighted by molar-refractivity contribution is 0.306. The number of nitrogens with one attached hydrogen (secondary N) is 2. The highest BCUT2D eigenvalue weighted by Crippen LogP contribution is 2.36. The Balaban J connectivity index is 1.40. The first-order valence-corrected chi connectivity index (χ1v) is 11.6. The molecule has 0 aliphatic carbocycles. The Hall–Kier alpha value is -3.24. The Morgan fingerprint density at radius 3 is 2.66 bits per heavy atom. The minimum Gasteiger partial charge on any atom is -0.494 e. The van der Waals surface area contributed by atoms with E-state index in [-0.39, 0.29) is 6.04 Å². The van der Waals surface area contributed by atoms with Crippen LogP contribution in [-0.4, -0.2) is 18.1 Å². The van der Waals surface area contributed by atoms with E-state index >= 15 is 0 Å². The highest BCUT2D eigenvalue weighted by Gasteiger charge is 2.25. The summed E-state index contributed by atoms with van der Waals surface area (Å²) in [5, 5.41) is 4.95. The predicted octanol–water partition coefficient (Wildman–Crippen LogP) is 6.16. The largest absolute Gasteiger partial charge is 0.494 e. The fraction of sp³-hybridized carbons (Fsp3) is 0.286. The predicted molar refractivity (Wildman–Crippen MR) is 129 cm³/mol. The molecule has 1 aliphatic heterocycles. The molecule has 0 bridgehead atoms. The molecule has 0 radical (unpaired) electrons. The number of hydrogen-bond donors (Lipinski definition) is 2. The van der Waals surface area contributed by atoms with E-state index in [0.717, 1.165) is 49.4 Å². The maximum absolute atomic E-state index is 6.09. The number of unbranched alkanes of at least 4 members (excludes halogenated alkanes) is 1. The number of fused-ring (bicyclic) bond motifs is 3. The molecule has 4 aromatic rings. The van der Waals surface area contributed by atoms with Crippen molar-refractivity contribution in [2.24, 2.45) is 0 Å². The minimum atomic E-state index is 0.134. The molecule has 0 spiro atoms. The quantitative estimate of drug-likeness (QED) is 0.332. The number of hydrogen-bond acceptors (Lipinski definition) is 3. The van der Waals surface area contributed by atoms with Gasteiger partial charge in [-0.25, -0.2) is 0 Å². The fourth-order valence-electron chi connectivity index (χ4n) is 4.44. The van der Waals surface area contributed by atoms with E-state index in [9.17, 15) is 0 Å². The van der Waals surface area contributed by atoms with Crippen LogP contribution >= 0.6 is 0 Å². The van der Waals surface area contributed by atoms with Gasteiger partial charge in [0.05, 0.1) is 12.6 Å². The van der Waals surface area contributed by atoms with Gasteiger partial charge in [0.15, 0.2) is 0 Å². The normalized spacial score (nSPS) is 15.5. The van der Waals surface area contributed by atoms with Crippen LogP contribution in [0.4, 0.5) is 0 Å². The molecule has 32 heavy (non-hydrogen) atoms. The van der Waals surface area contributed by atoms with E-state index in [4.69, 9.17) is 9.47 Å². The summed E-state index contributed by atoms with van der Waals surface area (Å²) in [6.45, 7) is 4.47. The van der Waals surface area contributed by atoms with Gasteiger partial charge in [-0.3, -0.25) is 0 Å². The molecule has 0 fully saturated rings. The van der Waals surface area contributed by atoms with Crippen LogP contribution in [0.2, 0.25) is 0 Å². The third kappa shape index (κ3) is 4.37. The molecule has 3 aromatic carbocycles. The third-order valence-electron chi connectivity index (χ3n) is 6.13. The summed E-state index contributed by atoms with van der Waals surface area (Å²) >= 11 is 0. The van der Waals surface area contributed by atoms with Crippen molar-refractivity contribution in [3.8, 4) is 11.5 Å². The lowest BCUT2D eigenvalue weighted by Crippen LogP contribution is -2.30. The standard InChI is InChI=1S/C28H30N2O2/c1-2-3-16-31-22-11-7-10-21(17-22)27-28-24(14-15-29-27)25-18-23(12-13-26(25)30-28)32-19-20-8-5-4-6-9-20/h4-13,17-18,27,29-30H,2-3,14-16,19H2,1H3. The van der Waals surface area contributed by atoms with Gasteiger partial charge in [0.1, 0.15) is 18.1 Å². The lowest BCUT2D eigenvalue weighted by atomic mass is 9.94. The van der Waals surface area contributed by atoms with Crippen molar-refractivity contribution in [1.82, 2.24) is 10.3 Å². The lowest BCUT2D eigenvalue weighted by Gasteiger charge is -2.25. The zero-order valence-corrected chi connectivity index (χ0v) is 18.6. The molecule has 4 heteroatoms. The van der Waals surface area contributed by atoms with E-state index < -0.39 is 0 Å². The van der Waals surface area contributed by atoms with Crippen LogP contribution in [0.3, 0.4) is 0 Å². The van der Waals surface area contributed by atoms with Gasteiger partial charge in [0.2, 0.25) is 0 Å². The molecule has 1 aromatic heterocycles. The number of aromatic nitrogens is 1. The zero-order chi connectivity index (χ0) is 21.8. The number of ether oxygens (including phenoxy) is 2. The van der Waals surface area contributed by atoms with E-state index in [1.165, 1.54) is 27.8 Å². The molecule has 0 saturated carbocycles. The van der Waals surface area contributed by atoms with Crippen molar-refractivity contribution in [1.29, 1.82) is 0 Å². The van der Waals surface area contributed by atoms with E-state index in [1.807, 2.05) is 24.3 Å². The van der Waals surface area contributed by atoms with Gasteiger partial charge >= 0.3 is 0 Å². The van der Waals surface area contributed by atoms with Crippen molar-refractivity contribution in [2.75, 3.05) is 13.2 Å². The second-order valence-corrected chi connectivity index (χ2v) is 8.41. The molecular formula is C28H30N2O2. The van der Waals surface area contributed by atoms with Gasteiger partial charge in [-0.15, -0.1) is 0 Å². The summed E-state index contributed by atoms with van der Waals surface area (Å²) in [6.07, 6.45) is 3.22. The van der Waals surface area contributed by atoms with Crippen LogP contribution in [0.1, 0.15) is 48.2 Å². The highest BCUT2D eigenvalue weighted by atomic mass is 16.5. The first-order valence-electron chi connectivity index (χ1n) is 11.6. The van der Waals surface area contributed by atoms with Gasteiger partial charge in [-0.05, 0) is 59.9 Å². The average Bonchev–Trinajstić information content (AvgIpc) is 3.22. The molecule has 0 amide bonds. The average molecular weight is 427 g/mol. The maximum Gasteiger partial charge on any atom is 0.120 e. The SMILES string of the molecule is CCCCOc1cccc(C2NCCc3c2[nH]c2ccc(OCc4ccccc4)cc32)c1. The Kier molecular flexibility index (Phi) is 6.13. The summed E-state index contributed by atoms with van der Waals surface area (Å²) in [6, 6.07) is 25.3. The summed E-state index contributed by atoms with van der Waals surface area (Å²) < 4.78 is 12.0. The van der Waals surface area contributed by atoms with Crippen LogP contribution in [0.25, 0.3) is 10.9 Å². The number of benzene rings is 3. The van der Waals surface area contributed by atoms with Crippen molar-refractivity contribution in [3.05, 3.63) is 95.2 Å². The van der Waals surface area contributed by atoms with Gasteiger partial charge in [0, 0.05) is 23.1 Å². The smallest absolute Gasteiger partial charge is 0.120 e. The third-order valence-corrected chi connectivity index (χ3v) is 6.13. The Morgan fingerprint density at radius 2 is 1.78 bits per heavy atom. The van der Waals surface area contributed by atoms with Crippen LogP contribution in [0.5, 0.6) is 11.5 Å². The van der Waals surface area contributed by atoms with E-state index in [1.54, 1.807) is 0 Å². The molecule has 1 aliphatic rings. The number of H-pyrrole nitrogens is 1. The Morgan fingerprint density at radius 1 is 0.906 bits per heavy atom. The van der Waals surface area contributed by atoms with Gasteiger partial charge in [-0.1, -0.05) is 55.8 Å². The molecule has 2 N–H and O–H groups in total. The maximum atomic E-state index is 6.09. The minimum absolute atomic E-state index is 0.134. The van der Waals surface area contributed by atoms with Crippen LogP contribution in [0.15, 0.2) is 72.8 Å². The molecule has 4 nitrogen and oxygen atoms in total. The van der Waals surface area contributed by atoms with Gasteiger partial charge < -0.3 is 19.8 Å². The topological polar surface area (TPSA) is 46.3 Å². The summed E-state index contributed by atoms with van der Waals surface area (Å²) in [4.78, 5) is 3.68. The molecular weight excluding hydrogens is 396 g/mol. The Labute approximate surface area is 189 Å².